The van der Waals surface area contributed by atoms with Crippen LogP contribution in [0.5, 0.6) is 0 Å². The molecule has 0 bridgehead atoms. The number of carbonyl (C=O) groups excluding carboxylic acids is 1. The molecule has 0 aromatic carbocycles. The molecule has 3 fully saturated rings. The van der Waals surface area contributed by atoms with E-state index in [0.717, 1.165) is 26.3 Å². The van der Waals surface area contributed by atoms with Crippen molar-refractivity contribution < 1.29 is 14.3 Å². The van der Waals surface area contributed by atoms with E-state index in [0.29, 0.717) is 25.1 Å². The van der Waals surface area contributed by atoms with E-state index in [4.69, 9.17) is 9.47 Å². The largest absolute Gasteiger partial charge is 0.464 e. The number of ether oxygens (including phenoxy) is 2. The van der Waals surface area contributed by atoms with Gasteiger partial charge in [-0.05, 0) is 38.8 Å². The van der Waals surface area contributed by atoms with Crippen LogP contribution < -0.4 is 0 Å². The lowest BCUT2D eigenvalue weighted by Crippen LogP contribution is -2.49. The normalized spacial score (nSPS) is 31.6. The van der Waals surface area contributed by atoms with Crippen LogP contribution in [0.25, 0.3) is 0 Å². The summed E-state index contributed by atoms with van der Waals surface area (Å²) in [6.45, 7) is 6.66. The SMILES string of the molecule is O=C(CN1CCOCC1)OC[C@H]1CCCN2CCCC[C@@H]12. The molecule has 5 heteroatoms. The highest BCUT2D eigenvalue weighted by atomic mass is 16.5. The van der Waals surface area contributed by atoms with Gasteiger partial charge in [0.15, 0.2) is 0 Å². The maximum atomic E-state index is 12.0. The lowest BCUT2D eigenvalue weighted by molar-refractivity contribution is -0.148. The van der Waals surface area contributed by atoms with Crippen molar-refractivity contribution in [2.45, 2.75) is 38.1 Å². The zero-order valence-corrected chi connectivity index (χ0v) is 13.0. The van der Waals surface area contributed by atoms with Crippen molar-refractivity contribution in [1.82, 2.24) is 9.80 Å². The van der Waals surface area contributed by atoms with Crippen LogP contribution in [0.2, 0.25) is 0 Å². The summed E-state index contributed by atoms with van der Waals surface area (Å²) in [7, 11) is 0. The molecule has 5 nitrogen and oxygen atoms in total. The van der Waals surface area contributed by atoms with Crippen LogP contribution in [0, 0.1) is 5.92 Å². The lowest BCUT2D eigenvalue weighted by atomic mass is 9.84. The molecule has 0 spiro atoms. The molecule has 21 heavy (non-hydrogen) atoms. The van der Waals surface area contributed by atoms with Crippen LogP contribution >= 0.6 is 0 Å². The monoisotopic (exact) mass is 296 g/mol. The number of nitrogens with zero attached hydrogens (tertiary/aromatic N) is 2. The van der Waals surface area contributed by atoms with Gasteiger partial charge in [0.1, 0.15) is 0 Å². The predicted octanol–water partition coefficient (Wildman–Crippen LogP) is 1.13. The summed E-state index contributed by atoms with van der Waals surface area (Å²) in [4.78, 5) is 16.7. The van der Waals surface area contributed by atoms with Crippen molar-refractivity contribution in [3.05, 3.63) is 0 Å². The number of carbonyl (C=O) groups is 1. The number of fused-ring (bicyclic) bond motifs is 1. The highest BCUT2D eigenvalue weighted by Crippen LogP contribution is 2.30. The molecule has 3 rings (SSSR count). The van der Waals surface area contributed by atoms with Gasteiger partial charge in [0.2, 0.25) is 0 Å². The summed E-state index contributed by atoms with van der Waals surface area (Å²) in [5, 5.41) is 0. The van der Waals surface area contributed by atoms with Crippen LogP contribution in [-0.2, 0) is 14.3 Å². The minimum atomic E-state index is -0.0650. The van der Waals surface area contributed by atoms with Gasteiger partial charge < -0.3 is 9.47 Å². The molecule has 0 radical (unpaired) electrons. The summed E-state index contributed by atoms with van der Waals surface area (Å²) in [5.41, 5.74) is 0. The fraction of sp³-hybridized carbons (Fsp3) is 0.938. The van der Waals surface area contributed by atoms with E-state index in [1.54, 1.807) is 0 Å². The van der Waals surface area contributed by atoms with E-state index in [9.17, 15) is 4.79 Å². The van der Waals surface area contributed by atoms with E-state index < -0.39 is 0 Å². The maximum Gasteiger partial charge on any atom is 0.320 e. The lowest BCUT2D eigenvalue weighted by Gasteiger charge is -2.44. The molecule has 120 valence electrons. The molecular weight excluding hydrogens is 268 g/mol. The fourth-order valence-corrected chi connectivity index (χ4v) is 3.96. The van der Waals surface area contributed by atoms with Crippen molar-refractivity contribution in [2.75, 3.05) is 52.5 Å². The molecule has 3 aliphatic heterocycles. The first kappa shape index (κ1) is 15.3. The van der Waals surface area contributed by atoms with Crippen LogP contribution in [0.15, 0.2) is 0 Å². The van der Waals surface area contributed by atoms with Crippen molar-refractivity contribution in [1.29, 1.82) is 0 Å². The van der Waals surface area contributed by atoms with Gasteiger partial charge in [-0.2, -0.15) is 0 Å². The minimum absolute atomic E-state index is 0.0650. The average Bonchev–Trinajstić information content (AvgIpc) is 2.54. The number of hydrogen-bond donors (Lipinski definition) is 0. The van der Waals surface area contributed by atoms with Gasteiger partial charge in [-0.25, -0.2) is 0 Å². The average molecular weight is 296 g/mol. The van der Waals surface area contributed by atoms with E-state index in [2.05, 4.69) is 9.80 Å². The first-order chi connectivity index (χ1) is 10.3. The summed E-state index contributed by atoms with van der Waals surface area (Å²) >= 11 is 0. The molecule has 3 aliphatic rings. The molecule has 2 atom stereocenters. The third-order valence-corrected chi connectivity index (χ3v) is 5.14. The molecule has 0 aromatic rings. The zero-order valence-electron chi connectivity index (χ0n) is 13.0. The third-order valence-electron chi connectivity index (χ3n) is 5.14. The zero-order chi connectivity index (χ0) is 14.5. The first-order valence-electron chi connectivity index (χ1n) is 8.53. The molecule has 0 saturated carbocycles. The van der Waals surface area contributed by atoms with Crippen molar-refractivity contribution in [3.63, 3.8) is 0 Å². The molecular formula is C16H28N2O3. The van der Waals surface area contributed by atoms with Crippen molar-refractivity contribution in [2.24, 2.45) is 5.92 Å². The van der Waals surface area contributed by atoms with Gasteiger partial charge >= 0.3 is 5.97 Å². The summed E-state index contributed by atoms with van der Waals surface area (Å²) in [5.74, 6) is 0.484. The Morgan fingerprint density at radius 1 is 1.05 bits per heavy atom. The van der Waals surface area contributed by atoms with Gasteiger partial charge in [0, 0.05) is 25.0 Å². The Morgan fingerprint density at radius 2 is 1.86 bits per heavy atom. The van der Waals surface area contributed by atoms with Gasteiger partial charge in [-0.3, -0.25) is 14.6 Å². The smallest absolute Gasteiger partial charge is 0.320 e. The third kappa shape index (κ3) is 4.18. The topological polar surface area (TPSA) is 42.0 Å². The van der Waals surface area contributed by atoms with E-state index in [-0.39, 0.29) is 5.97 Å². The highest BCUT2D eigenvalue weighted by molar-refractivity contribution is 5.71. The second-order valence-corrected chi connectivity index (χ2v) is 6.57. The molecule has 0 amide bonds. The number of esters is 1. The van der Waals surface area contributed by atoms with Crippen molar-refractivity contribution >= 4 is 5.97 Å². The predicted molar refractivity (Wildman–Crippen MR) is 80.2 cm³/mol. The Kier molecular flexibility index (Phi) is 5.49. The summed E-state index contributed by atoms with van der Waals surface area (Å²) in [6, 6.07) is 0.656. The number of piperidine rings is 2. The van der Waals surface area contributed by atoms with Crippen LogP contribution in [-0.4, -0.2) is 74.4 Å². The Labute approximate surface area is 127 Å². The molecule has 0 aromatic heterocycles. The summed E-state index contributed by atoms with van der Waals surface area (Å²) in [6.07, 6.45) is 6.42. The Hall–Kier alpha value is -0.650. The van der Waals surface area contributed by atoms with E-state index in [1.165, 1.54) is 45.2 Å². The van der Waals surface area contributed by atoms with Crippen LogP contribution in [0.1, 0.15) is 32.1 Å². The second kappa shape index (κ2) is 7.56. The Bertz CT molecular complexity index is 342. The van der Waals surface area contributed by atoms with Crippen molar-refractivity contribution in [3.8, 4) is 0 Å². The summed E-state index contributed by atoms with van der Waals surface area (Å²) < 4.78 is 10.9. The van der Waals surface area contributed by atoms with E-state index in [1.807, 2.05) is 0 Å². The molecule has 0 N–H and O–H groups in total. The van der Waals surface area contributed by atoms with Crippen LogP contribution in [0.4, 0.5) is 0 Å². The fourth-order valence-electron chi connectivity index (χ4n) is 3.96. The standard InChI is InChI=1S/C16H28N2O3/c19-16(12-17-8-10-20-11-9-17)21-13-14-4-3-7-18-6-2-1-5-15(14)18/h14-15H,1-13H2/t14-,15+/m1/s1. The molecule has 3 saturated heterocycles. The molecule has 0 aliphatic carbocycles. The Morgan fingerprint density at radius 3 is 2.71 bits per heavy atom. The van der Waals surface area contributed by atoms with Gasteiger partial charge in [0.25, 0.3) is 0 Å². The molecule has 0 unspecified atom stereocenters. The quantitative estimate of drug-likeness (QED) is 0.728. The maximum absolute atomic E-state index is 12.0. The van der Waals surface area contributed by atoms with Gasteiger partial charge in [-0.15, -0.1) is 0 Å². The molecule has 3 heterocycles. The first-order valence-corrected chi connectivity index (χ1v) is 8.53. The highest BCUT2D eigenvalue weighted by Gasteiger charge is 2.33. The van der Waals surface area contributed by atoms with Crippen LogP contribution in [0.3, 0.4) is 0 Å². The minimum Gasteiger partial charge on any atom is -0.464 e. The number of hydrogen-bond acceptors (Lipinski definition) is 5. The Balaban J connectivity index is 1.42. The van der Waals surface area contributed by atoms with E-state index >= 15 is 0 Å². The second-order valence-electron chi connectivity index (χ2n) is 6.57. The number of rotatable bonds is 4. The van der Waals surface area contributed by atoms with Gasteiger partial charge in [0.05, 0.1) is 26.4 Å². The van der Waals surface area contributed by atoms with Gasteiger partial charge in [-0.1, -0.05) is 6.42 Å². The number of morpholine rings is 1.